The van der Waals surface area contributed by atoms with Crippen LogP contribution in [0, 0.1) is 0 Å². The van der Waals surface area contributed by atoms with Crippen molar-refractivity contribution in [1.82, 2.24) is 5.32 Å². The smallest absolute Gasteiger partial charge is 0.0282 e. The first-order valence-corrected chi connectivity index (χ1v) is 7.36. The van der Waals surface area contributed by atoms with E-state index in [4.69, 9.17) is 0 Å². The van der Waals surface area contributed by atoms with Gasteiger partial charge in [0, 0.05) is 6.04 Å². The lowest BCUT2D eigenvalue weighted by molar-refractivity contribution is 0.515. The zero-order valence-electron chi connectivity index (χ0n) is 11.5. The lowest BCUT2D eigenvalue weighted by Gasteiger charge is -2.24. The number of hydrogen-bond donors (Lipinski definition) is 1. The molecule has 18 heavy (non-hydrogen) atoms. The van der Waals surface area contributed by atoms with Crippen LogP contribution in [-0.2, 0) is 6.42 Å². The van der Waals surface area contributed by atoms with Crippen molar-refractivity contribution < 1.29 is 0 Å². The van der Waals surface area contributed by atoms with Crippen LogP contribution in [0.25, 0.3) is 0 Å². The molecule has 0 heterocycles. The number of allylic oxidation sites excluding steroid dienone is 1. The summed E-state index contributed by atoms with van der Waals surface area (Å²) in [5, 5.41) is 3.65. The fourth-order valence-electron chi connectivity index (χ4n) is 2.80. The van der Waals surface area contributed by atoms with Crippen molar-refractivity contribution in [1.29, 1.82) is 0 Å². The molecule has 1 aliphatic rings. The lowest BCUT2D eigenvalue weighted by atomic mass is 9.90. The second-order valence-electron chi connectivity index (χ2n) is 5.16. The highest BCUT2D eigenvalue weighted by molar-refractivity contribution is 5.18. The second-order valence-corrected chi connectivity index (χ2v) is 5.16. The third-order valence-electron chi connectivity index (χ3n) is 3.79. The number of hydrogen-bond acceptors (Lipinski definition) is 1. The molecule has 1 aromatic rings. The number of benzene rings is 1. The highest BCUT2D eigenvalue weighted by atomic mass is 14.9. The third-order valence-corrected chi connectivity index (χ3v) is 3.79. The number of aryl methyl sites for hydroxylation is 1. The van der Waals surface area contributed by atoms with Gasteiger partial charge >= 0.3 is 0 Å². The largest absolute Gasteiger partial charge is 0.311 e. The summed E-state index contributed by atoms with van der Waals surface area (Å²) in [6, 6.07) is 11.4. The Morgan fingerprint density at radius 3 is 2.67 bits per heavy atom. The number of rotatable bonds is 6. The maximum Gasteiger partial charge on any atom is 0.0282 e. The van der Waals surface area contributed by atoms with Crippen LogP contribution in [0.1, 0.15) is 44.6 Å². The Morgan fingerprint density at radius 1 is 1.17 bits per heavy atom. The summed E-state index contributed by atoms with van der Waals surface area (Å²) in [5.74, 6) is 0. The van der Waals surface area contributed by atoms with Gasteiger partial charge in [0.2, 0.25) is 0 Å². The van der Waals surface area contributed by atoms with E-state index in [1.54, 1.807) is 5.57 Å². The molecule has 1 atom stereocenters. The van der Waals surface area contributed by atoms with Crippen molar-refractivity contribution >= 4 is 0 Å². The molecule has 0 amide bonds. The highest BCUT2D eigenvalue weighted by Crippen LogP contribution is 2.22. The molecular weight excluding hydrogens is 218 g/mol. The molecule has 0 fully saturated rings. The van der Waals surface area contributed by atoms with Gasteiger partial charge in [-0.05, 0) is 50.6 Å². The summed E-state index contributed by atoms with van der Waals surface area (Å²) in [6.45, 7) is 3.27. The Balaban J connectivity index is 1.91. The highest BCUT2D eigenvalue weighted by Gasteiger charge is 2.14. The van der Waals surface area contributed by atoms with Gasteiger partial charge in [-0.25, -0.2) is 0 Å². The Hall–Kier alpha value is -1.08. The van der Waals surface area contributed by atoms with Crippen molar-refractivity contribution in [3.63, 3.8) is 0 Å². The van der Waals surface area contributed by atoms with E-state index in [9.17, 15) is 0 Å². The van der Waals surface area contributed by atoms with Gasteiger partial charge < -0.3 is 5.32 Å². The summed E-state index contributed by atoms with van der Waals surface area (Å²) in [6.07, 6.45) is 10.2. The average molecular weight is 243 g/mol. The van der Waals surface area contributed by atoms with E-state index in [0.717, 1.165) is 6.54 Å². The van der Waals surface area contributed by atoms with E-state index in [2.05, 4.69) is 48.6 Å². The lowest BCUT2D eigenvalue weighted by Crippen LogP contribution is -2.32. The van der Waals surface area contributed by atoms with Gasteiger partial charge in [-0.15, -0.1) is 0 Å². The molecule has 1 aliphatic carbocycles. The maximum absolute atomic E-state index is 3.65. The van der Waals surface area contributed by atoms with Crippen LogP contribution in [0.5, 0.6) is 0 Å². The van der Waals surface area contributed by atoms with E-state index in [-0.39, 0.29) is 0 Å². The average Bonchev–Trinajstić information content (AvgIpc) is 2.45. The normalized spacial score (nSPS) is 17.3. The van der Waals surface area contributed by atoms with E-state index in [1.807, 2.05) is 0 Å². The van der Waals surface area contributed by atoms with Gasteiger partial charge in [0.05, 0.1) is 0 Å². The minimum absolute atomic E-state index is 0.593. The van der Waals surface area contributed by atoms with Gasteiger partial charge in [-0.3, -0.25) is 0 Å². The maximum atomic E-state index is 3.65. The fraction of sp³-hybridized carbons (Fsp3) is 0.529. The fourth-order valence-corrected chi connectivity index (χ4v) is 2.80. The Bertz CT molecular complexity index is 366. The number of likely N-dealkylation sites (N-methyl/N-ethyl adjacent to an activating group) is 1. The third kappa shape index (κ3) is 3.99. The van der Waals surface area contributed by atoms with Crippen LogP contribution in [0.4, 0.5) is 0 Å². The summed E-state index contributed by atoms with van der Waals surface area (Å²) < 4.78 is 0. The first-order valence-electron chi connectivity index (χ1n) is 7.36. The molecule has 98 valence electrons. The quantitative estimate of drug-likeness (QED) is 0.742. The van der Waals surface area contributed by atoms with Gasteiger partial charge in [-0.2, -0.15) is 0 Å². The molecule has 0 radical (unpaired) electrons. The standard InChI is InChI=1S/C17H25N/c1-2-18-17(16-11-7-4-8-12-16)14-13-15-9-5-3-6-10-15/h3,5-6,9-11,17-18H,2,4,7-8,12-14H2,1H3. The molecule has 0 aromatic heterocycles. The Kier molecular flexibility index (Phi) is 5.47. The first kappa shape index (κ1) is 13.4. The molecule has 1 aromatic carbocycles. The zero-order chi connectivity index (χ0) is 12.6. The van der Waals surface area contributed by atoms with E-state index >= 15 is 0 Å². The van der Waals surface area contributed by atoms with Crippen LogP contribution in [-0.4, -0.2) is 12.6 Å². The van der Waals surface area contributed by atoms with Crippen LogP contribution in [0.15, 0.2) is 42.0 Å². The van der Waals surface area contributed by atoms with Gasteiger partial charge in [0.15, 0.2) is 0 Å². The van der Waals surface area contributed by atoms with Gasteiger partial charge in [0.25, 0.3) is 0 Å². The van der Waals surface area contributed by atoms with Crippen molar-refractivity contribution in [3.05, 3.63) is 47.5 Å². The molecule has 0 aliphatic heterocycles. The van der Waals surface area contributed by atoms with E-state index in [1.165, 1.54) is 44.1 Å². The summed E-state index contributed by atoms with van der Waals surface area (Å²) >= 11 is 0. The summed E-state index contributed by atoms with van der Waals surface area (Å²) in [7, 11) is 0. The molecule has 0 bridgehead atoms. The minimum atomic E-state index is 0.593. The first-order chi connectivity index (χ1) is 8.90. The van der Waals surface area contributed by atoms with Crippen LogP contribution < -0.4 is 5.32 Å². The second kappa shape index (κ2) is 7.38. The molecule has 1 nitrogen and oxygen atoms in total. The molecule has 2 rings (SSSR count). The molecular formula is C17H25N. The molecule has 1 heteroatoms. The SMILES string of the molecule is CCNC(CCc1ccccc1)C1=CCCCC1. The molecule has 0 saturated carbocycles. The van der Waals surface area contributed by atoms with E-state index < -0.39 is 0 Å². The summed E-state index contributed by atoms with van der Waals surface area (Å²) in [4.78, 5) is 0. The van der Waals surface area contributed by atoms with Gasteiger partial charge in [0.1, 0.15) is 0 Å². The van der Waals surface area contributed by atoms with Crippen LogP contribution >= 0.6 is 0 Å². The van der Waals surface area contributed by atoms with Crippen LogP contribution in [0.2, 0.25) is 0 Å². The zero-order valence-corrected chi connectivity index (χ0v) is 11.5. The van der Waals surface area contributed by atoms with Crippen LogP contribution in [0.3, 0.4) is 0 Å². The van der Waals surface area contributed by atoms with Crippen molar-refractivity contribution in [2.24, 2.45) is 0 Å². The van der Waals surface area contributed by atoms with Crippen molar-refractivity contribution in [2.75, 3.05) is 6.54 Å². The molecule has 0 saturated heterocycles. The van der Waals surface area contributed by atoms with E-state index in [0.29, 0.717) is 6.04 Å². The van der Waals surface area contributed by atoms with Gasteiger partial charge in [-0.1, -0.05) is 48.9 Å². The Morgan fingerprint density at radius 2 is 2.00 bits per heavy atom. The predicted molar refractivity (Wildman–Crippen MR) is 78.8 cm³/mol. The molecule has 1 unspecified atom stereocenters. The van der Waals surface area contributed by atoms with Crippen molar-refractivity contribution in [3.8, 4) is 0 Å². The van der Waals surface area contributed by atoms with Crippen molar-refractivity contribution in [2.45, 2.75) is 51.5 Å². The number of nitrogens with one attached hydrogen (secondary N) is 1. The predicted octanol–water partition coefficient (Wildman–Crippen LogP) is 4.10. The topological polar surface area (TPSA) is 12.0 Å². The minimum Gasteiger partial charge on any atom is -0.311 e. The molecule has 1 N–H and O–H groups in total. The Labute approximate surface area is 111 Å². The monoisotopic (exact) mass is 243 g/mol. The molecule has 0 spiro atoms. The summed E-state index contributed by atoms with van der Waals surface area (Å²) in [5.41, 5.74) is 3.11.